The second-order valence-corrected chi connectivity index (χ2v) is 5.27. The monoisotopic (exact) mass is 230 g/mol. The van der Waals surface area contributed by atoms with Crippen molar-refractivity contribution in [2.45, 2.75) is 56.3 Å². The summed E-state index contributed by atoms with van der Waals surface area (Å²) >= 11 is 0. The molecule has 0 amide bonds. The van der Waals surface area contributed by atoms with E-state index in [1.54, 1.807) is 6.92 Å². The molecule has 0 spiro atoms. The van der Waals surface area contributed by atoms with E-state index in [4.69, 9.17) is 9.47 Å². The molecule has 1 N–H and O–H groups in total. The topological polar surface area (TPSA) is 55.8 Å². The third-order valence-electron chi connectivity index (χ3n) is 4.15. The quantitative estimate of drug-likeness (QED) is 0.669. The normalized spacial score (nSPS) is 58.0. The van der Waals surface area contributed by atoms with Gasteiger partial charge in [-0.2, -0.15) is 0 Å². The molecule has 3 fully saturated rings. The van der Waals surface area contributed by atoms with Crippen LogP contribution in [-0.4, -0.2) is 40.7 Å². The van der Waals surface area contributed by atoms with Crippen LogP contribution in [0.5, 0.6) is 0 Å². The zero-order valence-electron chi connectivity index (χ0n) is 9.27. The Kier molecular flexibility index (Phi) is 1.81. The third-order valence-corrected chi connectivity index (χ3v) is 4.15. The SMILES string of the molecule is CC(=O)O[C@]12C[C@@H]3C[C@]3(O)[C@H]1O[C@@H](C)[C@H]2F. The van der Waals surface area contributed by atoms with E-state index in [1.807, 2.05) is 0 Å². The number of alkyl halides is 1. The maximum atomic E-state index is 14.1. The molecule has 3 rings (SSSR count). The molecule has 6 atom stereocenters. The van der Waals surface area contributed by atoms with E-state index >= 15 is 0 Å². The van der Waals surface area contributed by atoms with Crippen molar-refractivity contribution in [2.75, 3.05) is 0 Å². The maximum absolute atomic E-state index is 14.1. The Bertz CT molecular complexity index is 360. The fraction of sp³-hybridized carbons (Fsp3) is 0.909. The third kappa shape index (κ3) is 1.03. The summed E-state index contributed by atoms with van der Waals surface area (Å²) < 4.78 is 24.8. The molecule has 90 valence electrons. The van der Waals surface area contributed by atoms with Crippen LogP contribution < -0.4 is 0 Å². The first-order valence-electron chi connectivity index (χ1n) is 5.61. The highest BCUT2D eigenvalue weighted by Gasteiger charge is 2.79. The zero-order valence-corrected chi connectivity index (χ0v) is 9.27. The van der Waals surface area contributed by atoms with Gasteiger partial charge in [0.25, 0.3) is 0 Å². The lowest BCUT2D eigenvalue weighted by molar-refractivity contribution is -0.172. The zero-order chi connectivity index (χ0) is 11.7. The number of hydrogen-bond acceptors (Lipinski definition) is 4. The Morgan fingerprint density at radius 2 is 2.25 bits per heavy atom. The van der Waals surface area contributed by atoms with Crippen molar-refractivity contribution in [3.05, 3.63) is 0 Å². The highest BCUT2D eigenvalue weighted by atomic mass is 19.1. The standard InChI is InChI=1S/C11H15FO4/c1-5-8(12)11(16-6(2)13)4-7-3-10(7,14)9(11)15-5/h5,7-9,14H,3-4H2,1-2H3/t5-,7-,8+,9+,10+,11-/m0/s1. The summed E-state index contributed by atoms with van der Waals surface area (Å²) in [7, 11) is 0. The second kappa shape index (κ2) is 2.76. The molecule has 0 unspecified atom stereocenters. The maximum Gasteiger partial charge on any atom is 0.303 e. The van der Waals surface area contributed by atoms with Crippen LogP contribution in [0, 0.1) is 5.92 Å². The molecule has 1 heterocycles. The van der Waals surface area contributed by atoms with Gasteiger partial charge in [0.2, 0.25) is 0 Å². The largest absolute Gasteiger partial charge is 0.453 e. The Morgan fingerprint density at radius 3 is 2.88 bits per heavy atom. The number of rotatable bonds is 1. The first-order valence-corrected chi connectivity index (χ1v) is 5.61. The predicted molar refractivity (Wildman–Crippen MR) is 51.4 cm³/mol. The molecule has 5 heteroatoms. The first-order chi connectivity index (χ1) is 7.40. The number of carbonyl (C=O) groups excluding carboxylic acids is 1. The van der Waals surface area contributed by atoms with Gasteiger partial charge in [0.1, 0.15) is 6.10 Å². The van der Waals surface area contributed by atoms with Crippen molar-refractivity contribution in [1.29, 1.82) is 0 Å². The van der Waals surface area contributed by atoms with Crippen LogP contribution in [0.15, 0.2) is 0 Å². The summed E-state index contributed by atoms with van der Waals surface area (Å²) in [6.07, 6.45) is -1.67. The van der Waals surface area contributed by atoms with Crippen molar-refractivity contribution >= 4 is 5.97 Å². The van der Waals surface area contributed by atoms with Crippen molar-refractivity contribution in [3.63, 3.8) is 0 Å². The van der Waals surface area contributed by atoms with Gasteiger partial charge in [-0.1, -0.05) is 0 Å². The van der Waals surface area contributed by atoms with E-state index in [-0.39, 0.29) is 5.92 Å². The highest BCUT2D eigenvalue weighted by molar-refractivity contribution is 5.67. The van der Waals surface area contributed by atoms with Crippen LogP contribution in [-0.2, 0) is 14.3 Å². The van der Waals surface area contributed by atoms with Crippen LogP contribution >= 0.6 is 0 Å². The summed E-state index contributed by atoms with van der Waals surface area (Å²) in [4.78, 5) is 11.1. The molecule has 3 aliphatic rings. The van der Waals surface area contributed by atoms with E-state index in [0.717, 1.165) is 0 Å². The smallest absolute Gasteiger partial charge is 0.303 e. The number of carbonyl (C=O) groups is 1. The molecule has 1 aliphatic heterocycles. The lowest BCUT2D eigenvalue weighted by Gasteiger charge is -2.32. The van der Waals surface area contributed by atoms with E-state index in [0.29, 0.717) is 12.8 Å². The molecular formula is C11H15FO4. The molecule has 0 aromatic heterocycles. The van der Waals surface area contributed by atoms with Gasteiger partial charge in [0, 0.05) is 6.92 Å². The summed E-state index contributed by atoms with van der Waals surface area (Å²) in [5.74, 6) is -0.502. The van der Waals surface area contributed by atoms with Gasteiger partial charge >= 0.3 is 5.97 Å². The minimum absolute atomic E-state index is 0.0163. The lowest BCUT2D eigenvalue weighted by atomic mass is 9.89. The fourth-order valence-corrected chi connectivity index (χ4v) is 3.41. The summed E-state index contributed by atoms with van der Waals surface area (Å²) in [5, 5.41) is 10.2. The van der Waals surface area contributed by atoms with Crippen molar-refractivity contribution in [3.8, 4) is 0 Å². The molecule has 2 aliphatic carbocycles. The Morgan fingerprint density at radius 1 is 1.56 bits per heavy atom. The molecule has 2 saturated carbocycles. The van der Waals surface area contributed by atoms with Gasteiger partial charge in [0.05, 0.1) is 11.7 Å². The molecular weight excluding hydrogens is 215 g/mol. The molecule has 1 saturated heterocycles. The summed E-state index contributed by atoms with van der Waals surface area (Å²) in [6, 6.07) is 0. The van der Waals surface area contributed by atoms with Gasteiger partial charge in [-0.15, -0.1) is 0 Å². The van der Waals surface area contributed by atoms with Crippen LogP contribution in [0.1, 0.15) is 26.7 Å². The van der Waals surface area contributed by atoms with Gasteiger partial charge in [-0.05, 0) is 25.7 Å². The summed E-state index contributed by atoms with van der Waals surface area (Å²) in [5.41, 5.74) is -2.21. The van der Waals surface area contributed by atoms with Crippen LogP contribution in [0.3, 0.4) is 0 Å². The van der Waals surface area contributed by atoms with Crippen LogP contribution in [0.2, 0.25) is 0 Å². The predicted octanol–water partition coefficient (Wildman–Crippen LogP) is 0.568. The number of halogens is 1. The highest BCUT2D eigenvalue weighted by Crippen LogP contribution is 2.65. The number of fused-ring (bicyclic) bond motifs is 3. The van der Waals surface area contributed by atoms with E-state index < -0.39 is 35.6 Å². The summed E-state index contributed by atoms with van der Waals surface area (Å²) in [6.45, 7) is 2.87. The van der Waals surface area contributed by atoms with E-state index in [9.17, 15) is 14.3 Å². The molecule has 0 bridgehead atoms. The minimum Gasteiger partial charge on any atom is -0.453 e. The second-order valence-electron chi connectivity index (χ2n) is 5.27. The number of aliphatic hydroxyl groups is 1. The molecule has 0 aromatic rings. The Hall–Kier alpha value is -0.680. The fourth-order valence-electron chi connectivity index (χ4n) is 3.41. The lowest BCUT2D eigenvalue weighted by Crippen LogP contribution is -2.50. The Labute approximate surface area is 92.7 Å². The van der Waals surface area contributed by atoms with Gasteiger partial charge in [0.15, 0.2) is 11.8 Å². The van der Waals surface area contributed by atoms with Gasteiger partial charge in [-0.25, -0.2) is 4.39 Å². The van der Waals surface area contributed by atoms with Crippen molar-refractivity contribution in [2.24, 2.45) is 5.92 Å². The average molecular weight is 230 g/mol. The molecule has 0 radical (unpaired) electrons. The van der Waals surface area contributed by atoms with Crippen molar-refractivity contribution in [1.82, 2.24) is 0 Å². The first kappa shape index (κ1) is 10.5. The van der Waals surface area contributed by atoms with E-state index in [1.165, 1.54) is 6.92 Å². The van der Waals surface area contributed by atoms with Gasteiger partial charge in [-0.3, -0.25) is 4.79 Å². The van der Waals surface area contributed by atoms with Crippen LogP contribution in [0.25, 0.3) is 0 Å². The average Bonchev–Trinajstić information content (AvgIpc) is 2.67. The number of esters is 1. The van der Waals surface area contributed by atoms with E-state index in [2.05, 4.69) is 0 Å². The number of ether oxygens (including phenoxy) is 2. The Balaban J connectivity index is 1.96. The molecule has 0 aromatic carbocycles. The molecule has 4 nitrogen and oxygen atoms in total. The van der Waals surface area contributed by atoms with Crippen LogP contribution in [0.4, 0.5) is 4.39 Å². The van der Waals surface area contributed by atoms with Crippen molar-refractivity contribution < 1.29 is 23.8 Å². The number of hydrogen-bond donors (Lipinski definition) is 1. The van der Waals surface area contributed by atoms with Gasteiger partial charge < -0.3 is 14.6 Å². The molecule has 16 heavy (non-hydrogen) atoms. The minimum atomic E-state index is -1.35.